The zero-order chi connectivity index (χ0) is 22.9. The number of anilines is 1. The van der Waals surface area contributed by atoms with E-state index in [2.05, 4.69) is 11.4 Å². The van der Waals surface area contributed by atoms with Crippen molar-refractivity contribution in [2.24, 2.45) is 0 Å². The van der Waals surface area contributed by atoms with E-state index in [4.69, 9.17) is 4.74 Å². The van der Waals surface area contributed by atoms with E-state index in [0.29, 0.717) is 11.4 Å². The van der Waals surface area contributed by atoms with Gasteiger partial charge in [-0.25, -0.2) is 8.42 Å². The van der Waals surface area contributed by atoms with Crippen LogP contribution < -0.4 is 14.4 Å². The molecule has 32 heavy (non-hydrogen) atoms. The molecular formula is C25H26N2O4S. The van der Waals surface area contributed by atoms with Crippen molar-refractivity contribution in [3.8, 4) is 5.75 Å². The van der Waals surface area contributed by atoms with Gasteiger partial charge >= 0.3 is 0 Å². The second-order valence-corrected chi connectivity index (χ2v) is 9.88. The molecule has 6 nitrogen and oxygen atoms in total. The van der Waals surface area contributed by atoms with Crippen LogP contribution in [0.15, 0.2) is 77.7 Å². The number of carbonyl (C=O) groups excluding carboxylic acids is 1. The number of sulfonamides is 1. The molecule has 0 fully saturated rings. The predicted molar refractivity (Wildman–Crippen MR) is 124 cm³/mol. The van der Waals surface area contributed by atoms with Crippen molar-refractivity contribution in [2.75, 3.05) is 10.8 Å². The number of hydrogen-bond acceptors (Lipinski definition) is 4. The van der Waals surface area contributed by atoms with Crippen LogP contribution in [0.4, 0.5) is 5.69 Å². The van der Waals surface area contributed by atoms with Crippen molar-refractivity contribution in [3.05, 3.63) is 89.5 Å². The van der Waals surface area contributed by atoms with Gasteiger partial charge in [-0.2, -0.15) is 0 Å². The first kappa shape index (κ1) is 21.9. The number of benzene rings is 3. The monoisotopic (exact) mass is 450 g/mol. The Labute approximate surface area is 188 Å². The summed E-state index contributed by atoms with van der Waals surface area (Å²) < 4.78 is 33.9. The van der Waals surface area contributed by atoms with Crippen molar-refractivity contribution in [1.82, 2.24) is 5.32 Å². The van der Waals surface area contributed by atoms with Crippen LogP contribution in [0.2, 0.25) is 0 Å². The Balaban J connectivity index is 1.61. The van der Waals surface area contributed by atoms with E-state index < -0.39 is 16.1 Å². The maximum atomic E-state index is 13.4. The first-order valence-corrected chi connectivity index (χ1v) is 11.9. The van der Waals surface area contributed by atoms with Crippen LogP contribution in [0.25, 0.3) is 0 Å². The number of rotatable bonds is 5. The Bertz CT molecular complexity index is 1240. The van der Waals surface area contributed by atoms with Gasteiger partial charge in [0.25, 0.3) is 15.9 Å². The Morgan fingerprint density at radius 1 is 1.03 bits per heavy atom. The normalized spacial score (nSPS) is 16.6. The van der Waals surface area contributed by atoms with Crippen molar-refractivity contribution < 1.29 is 17.9 Å². The standard InChI is InChI=1S/C25H26N2O4S/c1-17-13-14-21(18(2)15-17)19(3)26-25(28)24-16-27(22-11-7-8-12-23(22)31-24)32(29,30)20-9-5-4-6-10-20/h4-15,19,24H,16H2,1-3H3,(H,26,28)/t19-,24+/m0/s1. The lowest BCUT2D eigenvalue weighted by Gasteiger charge is -2.35. The fourth-order valence-corrected chi connectivity index (χ4v) is 5.48. The average molecular weight is 451 g/mol. The van der Waals surface area contributed by atoms with Gasteiger partial charge in [-0.3, -0.25) is 9.10 Å². The maximum Gasteiger partial charge on any atom is 0.264 e. The molecule has 0 aromatic heterocycles. The van der Waals surface area contributed by atoms with Crippen LogP contribution in [0.5, 0.6) is 5.75 Å². The summed E-state index contributed by atoms with van der Waals surface area (Å²) in [4.78, 5) is 13.3. The molecule has 1 heterocycles. The second-order valence-electron chi connectivity index (χ2n) is 8.01. The number of aryl methyl sites for hydroxylation is 2. The minimum Gasteiger partial charge on any atom is -0.476 e. The minimum atomic E-state index is -3.86. The highest BCUT2D eigenvalue weighted by atomic mass is 32.2. The minimum absolute atomic E-state index is 0.111. The van der Waals surface area contributed by atoms with Gasteiger partial charge in [-0.05, 0) is 56.2 Å². The Morgan fingerprint density at radius 3 is 2.44 bits per heavy atom. The van der Waals surface area contributed by atoms with Crippen LogP contribution in [0.3, 0.4) is 0 Å². The Morgan fingerprint density at radius 2 is 1.72 bits per heavy atom. The van der Waals surface area contributed by atoms with Gasteiger partial charge < -0.3 is 10.1 Å². The molecule has 1 aliphatic heterocycles. The molecule has 0 radical (unpaired) electrons. The summed E-state index contributed by atoms with van der Waals surface area (Å²) in [5, 5.41) is 2.98. The summed E-state index contributed by atoms with van der Waals surface area (Å²) in [5.41, 5.74) is 3.66. The molecule has 1 amide bonds. The fourth-order valence-electron chi connectivity index (χ4n) is 3.98. The number of para-hydroxylation sites is 2. The molecule has 1 aliphatic rings. The molecule has 0 unspecified atom stereocenters. The highest BCUT2D eigenvalue weighted by Gasteiger charge is 2.37. The summed E-state index contributed by atoms with van der Waals surface area (Å²) in [5.74, 6) is -0.00202. The van der Waals surface area contributed by atoms with Crippen LogP contribution in [-0.4, -0.2) is 27.0 Å². The first-order valence-electron chi connectivity index (χ1n) is 10.5. The van der Waals surface area contributed by atoms with Crippen LogP contribution in [0, 0.1) is 13.8 Å². The molecule has 0 spiro atoms. The zero-order valence-electron chi connectivity index (χ0n) is 18.3. The predicted octanol–water partition coefficient (Wildman–Crippen LogP) is 4.14. The summed E-state index contributed by atoms with van der Waals surface area (Å²) in [6.07, 6.45) is -0.975. The highest BCUT2D eigenvalue weighted by molar-refractivity contribution is 7.92. The Hall–Kier alpha value is -3.32. The third-order valence-corrected chi connectivity index (χ3v) is 7.40. The highest BCUT2D eigenvalue weighted by Crippen LogP contribution is 2.37. The molecule has 0 bridgehead atoms. The molecule has 166 valence electrons. The van der Waals surface area contributed by atoms with Crippen molar-refractivity contribution >= 4 is 21.6 Å². The van der Waals surface area contributed by atoms with Gasteiger partial charge in [-0.15, -0.1) is 0 Å². The van der Waals surface area contributed by atoms with Gasteiger partial charge in [0.2, 0.25) is 0 Å². The van der Waals surface area contributed by atoms with Crippen LogP contribution in [-0.2, 0) is 14.8 Å². The summed E-state index contributed by atoms with van der Waals surface area (Å²) in [6, 6.07) is 20.9. The van der Waals surface area contributed by atoms with Gasteiger partial charge in [0.05, 0.1) is 23.2 Å². The van der Waals surface area contributed by atoms with E-state index in [1.165, 1.54) is 4.31 Å². The molecular weight excluding hydrogens is 424 g/mol. The summed E-state index contributed by atoms with van der Waals surface area (Å²) in [6.45, 7) is 5.83. The molecule has 0 aliphatic carbocycles. The molecule has 4 rings (SSSR count). The fraction of sp³-hybridized carbons (Fsp3) is 0.240. The summed E-state index contributed by atoms with van der Waals surface area (Å²) in [7, 11) is -3.86. The van der Waals surface area contributed by atoms with E-state index in [1.807, 2.05) is 32.9 Å². The largest absolute Gasteiger partial charge is 0.476 e. The number of nitrogens with zero attached hydrogens (tertiary/aromatic N) is 1. The lowest BCUT2D eigenvalue weighted by molar-refractivity contribution is -0.128. The van der Waals surface area contributed by atoms with Gasteiger partial charge in [0.1, 0.15) is 5.75 Å². The number of carbonyl (C=O) groups is 1. The smallest absolute Gasteiger partial charge is 0.264 e. The third-order valence-electron chi connectivity index (χ3n) is 5.61. The van der Waals surface area contributed by atoms with E-state index in [-0.39, 0.29) is 23.4 Å². The lowest BCUT2D eigenvalue weighted by Crippen LogP contribution is -2.51. The van der Waals surface area contributed by atoms with Gasteiger partial charge in [-0.1, -0.05) is 54.1 Å². The number of hydrogen-bond donors (Lipinski definition) is 1. The molecule has 7 heteroatoms. The number of fused-ring (bicyclic) bond motifs is 1. The zero-order valence-corrected chi connectivity index (χ0v) is 19.1. The molecule has 0 saturated carbocycles. The number of amides is 1. The second kappa shape index (κ2) is 8.67. The molecule has 3 aromatic rings. The van der Waals surface area contributed by atoms with Crippen molar-refractivity contribution in [2.45, 2.75) is 37.8 Å². The molecule has 3 aromatic carbocycles. The van der Waals surface area contributed by atoms with Gasteiger partial charge in [0.15, 0.2) is 6.10 Å². The van der Waals surface area contributed by atoms with E-state index in [0.717, 1.165) is 16.7 Å². The van der Waals surface area contributed by atoms with Gasteiger partial charge in [0, 0.05) is 0 Å². The Kier molecular flexibility index (Phi) is 5.93. The molecule has 0 saturated heterocycles. The first-order chi connectivity index (χ1) is 15.3. The van der Waals surface area contributed by atoms with Crippen LogP contribution >= 0.6 is 0 Å². The number of nitrogens with one attached hydrogen (secondary N) is 1. The average Bonchev–Trinajstić information content (AvgIpc) is 2.78. The lowest BCUT2D eigenvalue weighted by atomic mass is 10.00. The van der Waals surface area contributed by atoms with Crippen molar-refractivity contribution in [3.63, 3.8) is 0 Å². The molecule has 1 N–H and O–H groups in total. The van der Waals surface area contributed by atoms with Crippen molar-refractivity contribution in [1.29, 1.82) is 0 Å². The third kappa shape index (κ3) is 4.21. The van der Waals surface area contributed by atoms with E-state index in [9.17, 15) is 13.2 Å². The molecule has 2 atom stereocenters. The SMILES string of the molecule is Cc1ccc([C@H](C)NC(=O)[C@H]2CN(S(=O)(=O)c3ccccc3)c3ccccc3O2)c(C)c1. The topological polar surface area (TPSA) is 75.7 Å². The maximum absolute atomic E-state index is 13.4. The quantitative estimate of drug-likeness (QED) is 0.634. The number of ether oxygens (including phenoxy) is 1. The van der Waals surface area contributed by atoms with E-state index >= 15 is 0 Å². The van der Waals surface area contributed by atoms with E-state index in [1.54, 1.807) is 54.6 Å². The summed E-state index contributed by atoms with van der Waals surface area (Å²) >= 11 is 0. The van der Waals surface area contributed by atoms with Crippen LogP contribution in [0.1, 0.15) is 29.7 Å².